The Hall–Kier alpha value is -0.680. The maximum absolute atomic E-state index is 6.17. The van der Waals surface area contributed by atoms with Crippen molar-refractivity contribution in [2.45, 2.75) is 5.60 Å². The minimum atomic E-state index is -0.627. The third kappa shape index (κ3) is 1.93. The van der Waals surface area contributed by atoms with Crippen LogP contribution >= 0.6 is 39.1 Å². The van der Waals surface area contributed by atoms with Crippen molar-refractivity contribution in [2.24, 2.45) is 0 Å². The Morgan fingerprint density at radius 1 is 1.17 bits per heavy atom. The normalized spacial score (nSPS) is 21.9. The van der Waals surface area contributed by atoms with Gasteiger partial charge in [-0.15, -0.1) is 0 Å². The SMILES string of the molecule is Clc1cncc(Cl)c1C1(c2ccc(Br)cn2)CO1. The zero-order valence-corrected chi connectivity index (χ0v) is 12.1. The van der Waals surface area contributed by atoms with Gasteiger partial charge in [-0.1, -0.05) is 23.2 Å². The van der Waals surface area contributed by atoms with Gasteiger partial charge in [-0.25, -0.2) is 0 Å². The molecule has 3 rings (SSSR count). The number of pyridine rings is 2. The molecule has 1 aliphatic heterocycles. The van der Waals surface area contributed by atoms with Crippen molar-refractivity contribution in [3.63, 3.8) is 0 Å². The minimum absolute atomic E-state index is 0.490. The van der Waals surface area contributed by atoms with Crippen LogP contribution in [0.25, 0.3) is 0 Å². The molecule has 1 fully saturated rings. The molecule has 92 valence electrons. The Morgan fingerprint density at radius 2 is 1.83 bits per heavy atom. The van der Waals surface area contributed by atoms with E-state index in [2.05, 4.69) is 25.9 Å². The summed E-state index contributed by atoms with van der Waals surface area (Å²) >= 11 is 15.7. The van der Waals surface area contributed by atoms with Crippen molar-refractivity contribution in [1.29, 1.82) is 0 Å². The average Bonchev–Trinajstić information content (AvgIpc) is 3.11. The molecule has 18 heavy (non-hydrogen) atoms. The first-order valence-electron chi connectivity index (χ1n) is 5.19. The van der Waals surface area contributed by atoms with Gasteiger partial charge in [0.05, 0.1) is 22.3 Å². The molecule has 1 saturated heterocycles. The summed E-state index contributed by atoms with van der Waals surface area (Å²) in [5, 5.41) is 0.981. The van der Waals surface area contributed by atoms with E-state index in [0.29, 0.717) is 16.7 Å². The predicted molar refractivity (Wildman–Crippen MR) is 72.9 cm³/mol. The minimum Gasteiger partial charge on any atom is -0.358 e. The van der Waals surface area contributed by atoms with Crippen LogP contribution < -0.4 is 0 Å². The van der Waals surface area contributed by atoms with Crippen molar-refractivity contribution in [3.8, 4) is 0 Å². The number of epoxide rings is 1. The van der Waals surface area contributed by atoms with Crippen LogP contribution in [-0.4, -0.2) is 16.6 Å². The van der Waals surface area contributed by atoms with E-state index in [1.165, 1.54) is 0 Å². The van der Waals surface area contributed by atoms with Gasteiger partial charge >= 0.3 is 0 Å². The lowest BCUT2D eigenvalue weighted by Gasteiger charge is -2.14. The molecule has 0 N–H and O–H groups in total. The van der Waals surface area contributed by atoms with Crippen LogP contribution in [0, 0.1) is 0 Å². The molecule has 0 bridgehead atoms. The van der Waals surface area contributed by atoms with Crippen LogP contribution in [0.5, 0.6) is 0 Å². The van der Waals surface area contributed by atoms with Gasteiger partial charge in [-0.3, -0.25) is 9.97 Å². The number of hydrogen-bond acceptors (Lipinski definition) is 3. The molecule has 0 saturated carbocycles. The van der Waals surface area contributed by atoms with Gasteiger partial charge in [0.25, 0.3) is 0 Å². The molecule has 1 unspecified atom stereocenters. The van der Waals surface area contributed by atoms with E-state index in [9.17, 15) is 0 Å². The Kier molecular flexibility index (Phi) is 3.06. The van der Waals surface area contributed by atoms with Gasteiger partial charge in [0.15, 0.2) is 5.60 Å². The van der Waals surface area contributed by atoms with E-state index in [1.54, 1.807) is 18.6 Å². The maximum atomic E-state index is 6.17. The van der Waals surface area contributed by atoms with E-state index < -0.39 is 5.60 Å². The van der Waals surface area contributed by atoms with Crippen LogP contribution in [0.2, 0.25) is 10.0 Å². The lowest BCUT2D eigenvalue weighted by molar-refractivity contribution is 0.343. The van der Waals surface area contributed by atoms with Crippen molar-refractivity contribution >= 4 is 39.1 Å². The van der Waals surface area contributed by atoms with E-state index in [4.69, 9.17) is 27.9 Å². The number of halogens is 3. The first-order chi connectivity index (χ1) is 8.63. The quantitative estimate of drug-likeness (QED) is 0.776. The molecule has 0 aliphatic carbocycles. The summed E-state index contributed by atoms with van der Waals surface area (Å²) in [5.74, 6) is 0. The molecule has 6 heteroatoms. The molecular weight excluding hydrogens is 339 g/mol. The molecule has 2 aromatic heterocycles. The highest BCUT2D eigenvalue weighted by molar-refractivity contribution is 9.10. The predicted octanol–water partition coefficient (Wildman–Crippen LogP) is 3.82. The summed E-state index contributed by atoms with van der Waals surface area (Å²) in [4.78, 5) is 8.31. The number of rotatable bonds is 2. The summed E-state index contributed by atoms with van der Waals surface area (Å²) in [6.45, 7) is 0.519. The smallest absolute Gasteiger partial charge is 0.161 e. The van der Waals surface area contributed by atoms with Crippen LogP contribution in [-0.2, 0) is 10.3 Å². The molecule has 2 aromatic rings. The second-order valence-corrected chi connectivity index (χ2v) is 5.69. The van der Waals surface area contributed by atoms with Gasteiger partial charge in [0, 0.05) is 28.6 Å². The fourth-order valence-corrected chi connectivity index (χ4v) is 2.81. The molecule has 0 amide bonds. The van der Waals surface area contributed by atoms with Crippen molar-refractivity contribution in [2.75, 3.05) is 6.61 Å². The van der Waals surface area contributed by atoms with E-state index in [1.807, 2.05) is 12.1 Å². The molecule has 0 spiro atoms. The van der Waals surface area contributed by atoms with Gasteiger partial charge in [-0.2, -0.15) is 0 Å². The van der Waals surface area contributed by atoms with Crippen molar-refractivity contribution in [3.05, 3.63) is 56.5 Å². The summed E-state index contributed by atoms with van der Waals surface area (Å²) in [5.41, 5.74) is 0.897. The highest BCUT2D eigenvalue weighted by Crippen LogP contribution is 2.49. The van der Waals surface area contributed by atoms with Gasteiger partial charge in [0.2, 0.25) is 0 Å². The lowest BCUT2D eigenvalue weighted by Crippen LogP contribution is -2.14. The van der Waals surface area contributed by atoms with E-state index in [0.717, 1.165) is 15.7 Å². The first-order valence-corrected chi connectivity index (χ1v) is 6.74. The van der Waals surface area contributed by atoms with E-state index in [-0.39, 0.29) is 0 Å². The monoisotopic (exact) mass is 344 g/mol. The second-order valence-electron chi connectivity index (χ2n) is 3.96. The van der Waals surface area contributed by atoms with Gasteiger partial charge in [0.1, 0.15) is 0 Å². The van der Waals surface area contributed by atoms with Crippen LogP contribution in [0.3, 0.4) is 0 Å². The number of nitrogens with zero attached hydrogens (tertiary/aromatic N) is 2. The summed E-state index contributed by atoms with van der Waals surface area (Å²) in [7, 11) is 0. The number of hydrogen-bond donors (Lipinski definition) is 0. The third-order valence-corrected chi connectivity index (χ3v) is 3.87. The molecule has 3 heterocycles. The molecule has 0 radical (unpaired) electrons. The Morgan fingerprint density at radius 3 is 2.33 bits per heavy atom. The summed E-state index contributed by atoms with van der Waals surface area (Å²) in [6.07, 6.45) is 4.85. The fourth-order valence-electron chi connectivity index (χ4n) is 1.90. The summed E-state index contributed by atoms with van der Waals surface area (Å²) in [6, 6.07) is 3.80. The zero-order chi connectivity index (χ0) is 12.8. The standard InChI is InChI=1S/C12H7BrCl2N2O/c13-7-1-2-10(17-3-7)12(6-18-12)11-8(14)4-16-5-9(11)15/h1-5H,6H2. The number of ether oxygens (including phenoxy) is 1. The zero-order valence-electron chi connectivity index (χ0n) is 9.03. The van der Waals surface area contributed by atoms with Crippen molar-refractivity contribution < 1.29 is 4.74 Å². The topological polar surface area (TPSA) is 38.3 Å². The molecule has 1 aliphatic rings. The molecule has 0 aromatic carbocycles. The highest BCUT2D eigenvalue weighted by atomic mass is 79.9. The Balaban J connectivity index is 2.13. The second kappa shape index (κ2) is 4.46. The first kappa shape index (κ1) is 12.4. The molecular formula is C12H7BrCl2N2O. The average molecular weight is 346 g/mol. The Labute approximate surface area is 122 Å². The third-order valence-electron chi connectivity index (χ3n) is 2.83. The van der Waals surface area contributed by atoms with Crippen LogP contribution in [0.15, 0.2) is 35.2 Å². The number of aromatic nitrogens is 2. The van der Waals surface area contributed by atoms with E-state index >= 15 is 0 Å². The molecule has 1 atom stereocenters. The largest absolute Gasteiger partial charge is 0.358 e. The van der Waals surface area contributed by atoms with Gasteiger partial charge < -0.3 is 4.74 Å². The van der Waals surface area contributed by atoms with Gasteiger partial charge in [-0.05, 0) is 28.1 Å². The van der Waals surface area contributed by atoms with Crippen LogP contribution in [0.4, 0.5) is 0 Å². The Bertz CT molecular complexity index is 579. The van der Waals surface area contributed by atoms with Crippen molar-refractivity contribution in [1.82, 2.24) is 9.97 Å². The molecule has 3 nitrogen and oxygen atoms in total. The summed E-state index contributed by atoms with van der Waals surface area (Å²) < 4.78 is 6.51. The van der Waals surface area contributed by atoms with Crippen LogP contribution in [0.1, 0.15) is 11.3 Å². The highest BCUT2D eigenvalue weighted by Gasteiger charge is 2.52. The lowest BCUT2D eigenvalue weighted by atomic mass is 9.97. The fraction of sp³-hybridized carbons (Fsp3) is 0.167. The maximum Gasteiger partial charge on any atom is 0.161 e.